The lowest BCUT2D eigenvalue weighted by molar-refractivity contribution is -0.120. The first-order valence-corrected chi connectivity index (χ1v) is 10.4. The molecule has 30 heavy (non-hydrogen) atoms. The lowest BCUT2D eigenvalue weighted by Gasteiger charge is -2.23. The van der Waals surface area contributed by atoms with Crippen LogP contribution < -0.4 is 10.9 Å². The number of nitrogens with one attached hydrogen (secondary N) is 2. The summed E-state index contributed by atoms with van der Waals surface area (Å²) in [7, 11) is 0. The third-order valence-electron chi connectivity index (χ3n) is 5.46. The first kappa shape index (κ1) is 20.0. The molecule has 0 aliphatic carbocycles. The van der Waals surface area contributed by atoms with Crippen molar-refractivity contribution in [1.29, 1.82) is 0 Å². The van der Waals surface area contributed by atoms with Gasteiger partial charge in [-0.05, 0) is 43.5 Å². The average molecular weight is 402 g/mol. The van der Waals surface area contributed by atoms with Crippen LogP contribution >= 0.6 is 0 Å². The normalized spacial score (nSPS) is 16.5. The summed E-state index contributed by atoms with van der Waals surface area (Å²) >= 11 is 0. The molecule has 0 radical (unpaired) electrons. The highest BCUT2D eigenvalue weighted by Gasteiger charge is 2.30. The van der Waals surface area contributed by atoms with Gasteiger partial charge >= 0.3 is 0 Å². The number of aryl methyl sites for hydroxylation is 1. The van der Waals surface area contributed by atoms with Gasteiger partial charge in [0.05, 0.1) is 6.04 Å². The number of hydrogen-bond donors (Lipinski definition) is 2. The van der Waals surface area contributed by atoms with E-state index < -0.39 is 0 Å². The maximum absolute atomic E-state index is 13.0. The van der Waals surface area contributed by atoms with E-state index >= 15 is 0 Å². The molecular formula is C24H26N4O2. The van der Waals surface area contributed by atoms with Crippen LogP contribution in [0.15, 0.2) is 65.5 Å². The van der Waals surface area contributed by atoms with Gasteiger partial charge in [-0.3, -0.25) is 14.5 Å². The number of rotatable bonds is 6. The summed E-state index contributed by atoms with van der Waals surface area (Å²) in [5, 5.41) is 3.05. The van der Waals surface area contributed by atoms with Gasteiger partial charge in [0.1, 0.15) is 5.82 Å². The first-order chi connectivity index (χ1) is 14.6. The predicted molar refractivity (Wildman–Crippen MR) is 118 cm³/mol. The smallest absolute Gasteiger partial charge is 0.251 e. The minimum atomic E-state index is -0.172. The summed E-state index contributed by atoms with van der Waals surface area (Å²) in [4.78, 5) is 34.4. The van der Waals surface area contributed by atoms with Gasteiger partial charge in [0, 0.05) is 29.6 Å². The van der Waals surface area contributed by atoms with Crippen molar-refractivity contribution >= 4 is 11.6 Å². The van der Waals surface area contributed by atoms with Crippen molar-refractivity contribution in [2.75, 3.05) is 11.9 Å². The Morgan fingerprint density at radius 2 is 2.00 bits per heavy atom. The van der Waals surface area contributed by atoms with E-state index in [1.54, 1.807) is 0 Å². The quantitative estimate of drug-likeness (QED) is 0.660. The Bertz CT molecular complexity index is 1080. The molecule has 154 valence electrons. The molecule has 2 N–H and O–H groups in total. The fourth-order valence-electron chi connectivity index (χ4n) is 3.93. The molecular weight excluding hydrogens is 376 g/mol. The van der Waals surface area contributed by atoms with Gasteiger partial charge in [0.2, 0.25) is 5.91 Å². The van der Waals surface area contributed by atoms with E-state index in [0.717, 1.165) is 37.2 Å². The second-order valence-corrected chi connectivity index (χ2v) is 7.62. The Kier molecular flexibility index (Phi) is 6.05. The lowest BCUT2D eigenvalue weighted by atomic mass is 10.1. The zero-order valence-electron chi connectivity index (χ0n) is 17.1. The highest BCUT2D eigenvalue weighted by atomic mass is 16.2. The molecule has 1 fully saturated rings. The van der Waals surface area contributed by atoms with E-state index in [9.17, 15) is 9.59 Å². The zero-order valence-corrected chi connectivity index (χ0v) is 17.1. The monoisotopic (exact) mass is 402 g/mol. The Balaban J connectivity index is 1.49. The molecule has 0 unspecified atom stereocenters. The number of benzene rings is 2. The van der Waals surface area contributed by atoms with Gasteiger partial charge in [-0.2, -0.15) is 0 Å². The van der Waals surface area contributed by atoms with Gasteiger partial charge in [-0.25, -0.2) is 4.98 Å². The van der Waals surface area contributed by atoms with E-state index in [2.05, 4.69) is 32.3 Å². The van der Waals surface area contributed by atoms with Crippen LogP contribution in [0, 0.1) is 0 Å². The number of aromatic nitrogens is 2. The zero-order chi connectivity index (χ0) is 20.9. The number of carbonyl (C=O) groups excluding carboxylic acids is 1. The molecule has 1 atom stereocenters. The van der Waals surface area contributed by atoms with Gasteiger partial charge in [0.15, 0.2) is 0 Å². The molecule has 1 saturated heterocycles. The lowest BCUT2D eigenvalue weighted by Crippen LogP contribution is -2.39. The largest absolute Gasteiger partial charge is 0.325 e. The van der Waals surface area contributed by atoms with E-state index in [0.29, 0.717) is 17.9 Å². The summed E-state index contributed by atoms with van der Waals surface area (Å²) in [6.45, 7) is 3.65. The van der Waals surface area contributed by atoms with Crippen molar-refractivity contribution in [2.24, 2.45) is 0 Å². The molecule has 0 spiro atoms. The number of anilines is 1. The van der Waals surface area contributed by atoms with Gasteiger partial charge in [0.25, 0.3) is 5.56 Å². The third-order valence-corrected chi connectivity index (χ3v) is 5.46. The standard InChI is InChI=1S/C24H26N4O2/c1-2-19-15-22(29)27-23(25-19)18-10-6-11-20(14-18)26-24(30)21-12-7-13-28(21)16-17-8-4-3-5-9-17/h3-6,8-11,14-15,21H,2,7,12-13,16H2,1H3,(H,26,30)(H,25,27,29)/t21-/m1/s1. The molecule has 6 nitrogen and oxygen atoms in total. The van der Waals surface area contributed by atoms with Crippen molar-refractivity contribution in [3.05, 3.63) is 82.3 Å². The Hall–Kier alpha value is -3.25. The topological polar surface area (TPSA) is 78.1 Å². The van der Waals surface area contributed by atoms with Crippen molar-refractivity contribution in [2.45, 2.75) is 38.8 Å². The van der Waals surface area contributed by atoms with Crippen LogP contribution in [0.4, 0.5) is 5.69 Å². The number of H-pyrrole nitrogens is 1. The average Bonchev–Trinajstić information content (AvgIpc) is 3.22. The van der Waals surface area contributed by atoms with Crippen LogP contribution in [-0.2, 0) is 17.8 Å². The first-order valence-electron chi connectivity index (χ1n) is 10.4. The molecule has 0 saturated carbocycles. The minimum absolute atomic E-state index is 0.00402. The number of likely N-dealkylation sites (tertiary alicyclic amines) is 1. The van der Waals surface area contributed by atoms with Gasteiger partial charge in [-0.15, -0.1) is 0 Å². The van der Waals surface area contributed by atoms with Gasteiger partial charge < -0.3 is 10.3 Å². The summed E-state index contributed by atoms with van der Waals surface area (Å²) in [6, 6.07) is 19.1. The Labute approximate surface area is 176 Å². The van der Waals surface area contributed by atoms with Crippen molar-refractivity contribution in [3.63, 3.8) is 0 Å². The van der Waals surface area contributed by atoms with Gasteiger partial charge in [-0.1, -0.05) is 49.4 Å². The summed E-state index contributed by atoms with van der Waals surface area (Å²) in [6.07, 6.45) is 2.55. The van der Waals surface area contributed by atoms with Crippen LogP contribution in [0.1, 0.15) is 31.0 Å². The minimum Gasteiger partial charge on any atom is -0.325 e. The van der Waals surface area contributed by atoms with Crippen molar-refractivity contribution in [3.8, 4) is 11.4 Å². The maximum Gasteiger partial charge on any atom is 0.251 e. The van der Waals surface area contributed by atoms with Crippen LogP contribution in [0.3, 0.4) is 0 Å². The number of amides is 1. The highest BCUT2D eigenvalue weighted by molar-refractivity contribution is 5.95. The van der Waals surface area contributed by atoms with E-state index in [4.69, 9.17) is 0 Å². The van der Waals surface area contributed by atoms with E-state index in [1.807, 2.05) is 49.4 Å². The molecule has 4 rings (SSSR count). The number of carbonyl (C=O) groups is 1. The van der Waals surface area contributed by atoms with E-state index in [1.165, 1.54) is 11.6 Å². The fraction of sp³-hybridized carbons (Fsp3) is 0.292. The summed E-state index contributed by atoms with van der Waals surface area (Å²) in [5.41, 5.74) is 3.26. The van der Waals surface area contributed by atoms with Crippen LogP contribution in [-0.4, -0.2) is 33.4 Å². The molecule has 1 aliphatic rings. The molecule has 2 heterocycles. The second-order valence-electron chi connectivity index (χ2n) is 7.62. The molecule has 0 bridgehead atoms. The Morgan fingerprint density at radius 3 is 2.80 bits per heavy atom. The Morgan fingerprint density at radius 1 is 1.17 bits per heavy atom. The van der Waals surface area contributed by atoms with Crippen molar-refractivity contribution < 1.29 is 4.79 Å². The van der Waals surface area contributed by atoms with Crippen molar-refractivity contribution in [1.82, 2.24) is 14.9 Å². The summed E-state index contributed by atoms with van der Waals surface area (Å²) in [5.74, 6) is 0.520. The van der Waals surface area contributed by atoms with Crippen LogP contribution in [0.5, 0.6) is 0 Å². The second kappa shape index (κ2) is 9.05. The molecule has 2 aromatic carbocycles. The third kappa shape index (κ3) is 4.66. The number of aromatic amines is 1. The summed E-state index contributed by atoms with van der Waals surface area (Å²) < 4.78 is 0. The maximum atomic E-state index is 13.0. The molecule has 6 heteroatoms. The SMILES string of the molecule is CCc1cc(=O)[nH]c(-c2cccc(NC(=O)[C@H]3CCCN3Cc3ccccc3)c2)n1. The predicted octanol–water partition coefficient (Wildman–Crippen LogP) is 3.60. The number of nitrogens with zero attached hydrogens (tertiary/aromatic N) is 2. The van der Waals surface area contributed by atoms with E-state index in [-0.39, 0.29) is 17.5 Å². The molecule has 1 aromatic heterocycles. The fourth-order valence-corrected chi connectivity index (χ4v) is 3.93. The number of hydrogen-bond acceptors (Lipinski definition) is 4. The molecule has 3 aromatic rings. The van der Waals surface area contributed by atoms with Crippen LogP contribution in [0.2, 0.25) is 0 Å². The highest BCUT2D eigenvalue weighted by Crippen LogP contribution is 2.23. The van der Waals surface area contributed by atoms with Crippen LogP contribution in [0.25, 0.3) is 11.4 Å². The molecule has 1 amide bonds. The molecule has 1 aliphatic heterocycles.